The zero-order valence-corrected chi connectivity index (χ0v) is 8.76. The summed E-state index contributed by atoms with van der Waals surface area (Å²) in [7, 11) is 2.21. The predicted molar refractivity (Wildman–Crippen MR) is 56.6 cm³/mol. The Labute approximate surface area is 81.7 Å². The lowest BCUT2D eigenvalue weighted by molar-refractivity contribution is 0.153. The molecule has 1 heterocycles. The van der Waals surface area contributed by atoms with E-state index < -0.39 is 0 Å². The lowest BCUT2D eigenvalue weighted by Gasteiger charge is -2.33. The minimum absolute atomic E-state index is 0.617. The molecule has 0 amide bonds. The molecule has 3 nitrogen and oxygen atoms in total. The highest BCUT2D eigenvalue weighted by Crippen LogP contribution is 2.09. The van der Waals surface area contributed by atoms with Crippen molar-refractivity contribution >= 4 is 0 Å². The van der Waals surface area contributed by atoms with E-state index in [1.54, 1.807) is 0 Å². The Morgan fingerprint density at radius 2 is 2.23 bits per heavy atom. The van der Waals surface area contributed by atoms with Crippen LogP contribution in [0.1, 0.15) is 32.1 Å². The smallest absolute Gasteiger partial charge is 0.0594 e. The quantitative estimate of drug-likeness (QED) is 0.621. The van der Waals surface area contributed by atoms with Crippen LogP contribution in [-0.4, -0.2) is 37.7 Å². The van der Waals surface area contributed by atoms with E-state index in [0.717, 1.165) is 6.54 Å². The van der Waals surface area contributed by atoms with Gasteiger partial charge in [-0.2, -0.15) is 0 Å². The van der Waals surface area contributed by atoms with E-state index in [4.69, 9.17) is 5.73 Å². The molecule has 1 rings (SSSR count). The molecule has 0 aromatic heterocycles. The van der Waals surface area contributed by atoms with Gasteiger partial charge in [0.15, 0.2) is 0 Å². The van der Waals surface area contributed by atoms with Crippen LogP contribution in [0, 0.1) is 0 Å². The summed E-state index contributed by atoms with van der Waals surface area (Å²) in [5, 5.41) is 3.54. The molecule has 3 N–H and O–H groups in total. The summed E-state index contributed by atoms with van der Waals surface area (Å²) in [4.78, 5) is 2.42. The second-order valence-corrected chi connectivity index (χ2v) is 3.94. The van der Waals surface area contributed by atoms with Crippen molar-refractivity contribution in [2.75, 3.05) is 26.7 Å². The normalized spacial score (nSPS) is 24.9. The largest absolute Gasteiger partial charge is 0.330 e. The van der Waals surface area contributed by atoms with Gasteiger partial charge in [-0.25, -0.2) is 0 Å². The second kappa shape index (κ2) is 6.35. The molecule has 13 heavy (non-hydrogen) atoms. The van der Waals surface area contributed by atoms with Gasteiger partial charge in [0.1, 0.15) is 0 Å². The number of unbranched alkanes of at least 4 members (excludes halogenated alkanes) is 2. The van der Waals surface area contributed by atoms with E-state index in [9.17, 15) is 0 Å². The second-order valence-electron chi connectivity index (χ2n) is 3.94. The maximum absolute atomic E-state index is 5.45. The van der Waals surface area contributed by atoms with Gasteiger partial charge in [-0.1, -0.05) is 12.8 Å². The number of nitrogens with two attached hydrogens (primary N) is 1. The fraction of sp³-hybridized carbons (Fsp3) is 1.00. The van der Waals surface area contributed by atoms with Gasteiger partial charge in [0.25, 0.3) is 0 Å². The number of hydrogen-bond acceptors (Lipinski definition) is 3. The summed E-state index contributed by atoms with van der Waals surface area (Å²) in [6, 6.07) is 0. The fourth-order valence-corrected chi connectivity index (χ4v) is 1.89. The van der Waals surface area contributed by atoms with Crippen LogP contribution in [0.15, 0.2) is 0 Å². The first-order valence-corrected chi connectivity index (χ1v) is 5.48. The third kappa shape index (κ3) is 4.07. The zero-order valence-electron chi connectivity index (χ0n) is 8.76. The molecule has 0 aromatic carbocycles. The molecular weight excluding hydrogens is 162 g/mol. The average molecular weight is 185 g/mol. The third-order valence-corrected chi connectivity index (χ3v) is 2.78. The van der Waals surface area contributed by atoms with E-state index in [2.05, 4.69) is 17.3 Å². The zero-order chi connectivity index (χ0) is 9.52. The van der Waals surface area contributed by atoms with Crippen LogP contribution in [0.4, 0.5) is 0 Å². The molecule has 1 unspecified atom stereocenters. The van der Waals surface area contributed by atoms with E-state index >= 15 is 0 Å². The summed E-state index contributed by atoms with van der Waals surface area (Å²) in [5.74, 6) is 0. The third-order valence-electron chi connectivity index (χ3n) is 2.78. The molecule has 1 fully saturated rings. The maximum Gasteiger partial charge on any atom is 0.0594 e. The van der Waals surface area contributed by atoms with E-state index in [-0.39, 0.29) is 0 Å². The Kier molecular flexibility index (Phi) is 5.35. The van der Waals surface area contributed by atoms with Crippen LogP contribution in [0.2, 0.25) is 0 Å². The van der Waals surface area contributed by atoms with Crippen molar-refractivity contribution in [3.05, 3.63) is 0 Å². The summed E-state index contributed by atoms with van der Waals surface area (Å²) in [6.45, 7) is 3.27. The van der Waals surface area contributed by atoms with Crippen LogP contribution >= 0.6 is 0 Å². The van der Waals surface area contributed by atoms with Gasteiger partial charge >= 0.3 is 0 Å². The Morgan fingerprint density at radius 1 is 1.38 bits per heavy atom. The van der Waals surface area contributed by atoms with Crippen LogP contribution < -0.4 is 11.1 Å². The molecule has 1 aliphatic heterocycles. The first-order valence-electron chi connectivity index (χ1n) is 5.48. The van der Waals surface area contributed by atoms with Gasteiger partial charge in [0.05, 0.1) is 6.17 Å². The summed E-state index contributed by atoms with van der Waals surface area (Å²) in [5.41, 5.74) is 5.45. The van der Waals surface area contributed by atoms with Crippen molar-refractivity contribution in [2.24, 2.45) is 5.73 Å². The molecule has 0 radical (unpaired) electrons. The molecule has 0 saturated carbocycles. The number of nitrogens with one attached hydrogen (secondary N) is 1. The molecule has 0 spiro atoms. The summed E-state index contributed by atoms with van der Waals surface area (Å²) in [6.07, 6.45) is 6.94. The molecule has 0 aromatic rings. The van der Waals surface area contributed by atoms with Gasteiger partial charge < -0.3 is 11.1 Å². The first kappa shape index (κ1) is 11.0. The molecule has 3 heteroatoms. The van der Waals surface area contributed by atoms with Gasteiger partial charge in [-0.3, -0.25) is 4.90 Å². The highest BCUT2D eigenvalue weighted by molar-refractivity contribution is 4.72. The Bertz CT molecular complexity index is 127. The summed E-state index contributed by atoms with van der Waals surface area (Å²) >= 11 is 0. The molecule has 1 atom stereocenters. The number of nitrogens with zero attached hydrogens (tertiary/aromatic N) is 1. The monoisotopic (exact) mass is 185 g/mol. The van der Waals surface area contributed by atoms with Crippen molar-refractivity contribution in [2.45, 2.75) is 38.3 Å². The fourth-order valence-electron chi connectivity index (χ4n) is 1.89. The predicted octanol–water partition coefficient (Wildman–Crippen LogP) is 0.757. The van der Waals surface area contributed by atoms with E-state index in [1.165, 1.54) is 45.2 Å². The van der Waals surface area contributed by atoms with Crippen molar-refractivity contribution < 1.29 is 0 Å². The van der Waals surface area contributed by atoms with Crippen molar-refractivity contribution in [3.63, 3.8) is 0 Å². The SMILES string of the molecule is CN1CCCNC1CCCCCN. The minimum atomic E-state index is 0.617. The summed E-state index contributed by atoms with van der Waals surface area (Å²) < 4.78 is 0. The van der Waals surface area contributed by atoms with Crippen LogP contribution in [0.25, 0.3) is 0 Å². The van der Waals surface area contributed by atoms with Crippen molar-refractivity contribution in [1.82, 2.24) is 10.2 Å². The van der Waals surface area contributed by atoms with Crippen molar-refractivity contribution in [1.29, 1.82) is 0 Å². The van der Waals surface area contributed by atoms with E-state index in [0.29, 0.717) is 6.17 Å². The number of hydrogen-bond donors (Lipinski definition) is 2. The van der Waals surface area contributed by atoms with Gasteiger partial charge in [-0.05, 0) is 39.4 Å². The lowest BCUT2D eigenvalue weighted by Crippen LogP contribution is -2.49. The standard InChI is InChI=1S/C10H23N3/c1-13-9-5-8-12-10(13)6-3-2-4-7-11/h10,12H,2-9,11H2,1H3. The first-order chi connectivity index (χ1) is 6.34. The molecule has 1 saturated heterocycles. The number of rotatable bonds is 5. The van der Waals surface area contributed by atoms with E-state index in [1.807, 2.05) is 0 Å². The Hall–Kier alpha value is -0.120. The maximum atomic E-state index is 5.45. The highest BCUT2D eigenvalue weighted by Gasteiger charge is 2.16. The average Bonchev–Trinajstić information content (AvgIpc) is 2.15. The molecule has 0 bridgehead atoms. The van der Waals surface area contributed by atoms with Crippen LogP contribution in [0.3, 0.4) is 0 Å². The topological polar surface area (TPSA) is 41.3 Å². The Balaban J connectivity index is 2.05. The van der Waals surface area contributed by atoms with Gasteiger partial charge in [0, 0.05) is 6.54 Å². The Morgan fingerprint density at radius 3 is 2.92 bits per heavy atom. The minimum Gasteiger partial charge on any atom is -0.330 e. The van der Waals surface area contributed by atoms with Crippen LogP contribution in [-0.2, 0) is 0 Å². The molecular formula is C10H23N3. The van der Waals surface area contributed by atoms with Crippen molar-refractivity contribution in [3.8, 4) is 0 Å². The lowest BCUT2D eigenvalue weighted by atomic mass is 10.1. The highest BCUT2D eigenvalue weighted by atomic mass is 15.3. The van der Waals surface area contributed by atoms with Gasteiger partial charge in [-0.15, -0.1) is 0 Å². The van der Waals surface area contributed by atoms with Crippen LogP contribution in [0.5, 0.6) is 0 Å². The van der Waals surface area contributed by atoms with Gasteiger partial charge in [0.2, 0.25) is 0 Å². The molecule has 78 valence electrons. The molecule has 0 aliphatic carbocycles. The molecule has 1 aliphatic rings.